The van der Waals surface area contributed by atoms with E-state index in [1.807, 2.05) is 42.5 Å². The minimum Gasteiger partial charge on any atom is -0.472 e. The third-order valence-electron chi connectivity index (χ3n) is 4.02. The van der Waals surface area contributed by atoms with Crippen molar-refractivity contribution in [1.82, 2.24) is 14.6 Å². The average molecular weight is 332 g/mol. The number of Topliss-reactive ketones (excluding diaryl/α,β-unsaturated/α-hetero) is 1. The Bertz CT molecular complexity index is 1030. The number of carbonyl (C=O) groups is 1. The van der Waals surface area contributed by atoms with Gasteiger partial charge in [-0.2, -0.15) is 5.10 Å². The van der Waals surface area contributed by atoms with E-state index in [1.54, 1.807) is 23.1 Å². The Morgan fingerprint density at radius 3 is 2.84 bits per heavy atom. The molecule has 4 aromatic rings. The summed E-state index contributed by atoms with van der Waals surface area (Å²) in [5, 5.41) is 4.50. The standard InChI is InChI=1S/C19H16N4O2/c20-11-13-3-1-4-14(9-13)17(24)10-18-21-19-6-2-5-16(23(19)22-18)15-7-8-25-12-15/h1-9,12H,10-11,20H2. The van der Waals surface area contributed by atoms with Crippen LogP contribution in [0.5, 0.6) is 0 Å². The van der Waals surface area contributed by atoms with Crippen LogP contribution in [0.4, 0.5) is 0 Å². The molecule has 1 aromatic carbocycles. The van der Waals surface area contributed by atoms with E-state index in [2.05, 4.69) is 10.1 Å². The molecular weight excluding hydrogens is 316 g/mol. The van der Waals surface area contributed by atoms with Gasteiger partial charge in [0.15, 0.2) is 17.3 Å². The Morgan fingerprint density at radius 1 is 1.16 bits per heavy atom. The molecule has 25 heavy (non-hydrogen) atoms. The number of pyridine rings is 1. The predicted octanol–water partition coefficient (Wildman–Crippen LogP) is 2.87. The Kier molecular flexibility index (Phi) is 3.87. The third kappa shape index (κ3) is 2.95. The van der Waals surface area contributed by atoms with E-state index >= 15 is 0 Å². The molecule has 0 saturated carbocycles. The maximum atomic E-state index is 12.5. The van der Waals surface area contributed by atoms with Gasteiger partial charge in [0.05, 0.1) is 24.6 Å². The molecular formula is C19H16N4O2. The van der Waals surface area contributed by atoms with Gasteiger partial charge >= 0.3 is 0 Å². The van der Waals surface area contributed by atoms with E-state index in [1.165, 1.54) is 0 Å². The number of ketones is 1. The molecule has 0 atom stereocenters. The third-order valence-corrected chi connectivity index (χ3v) is 4.02. The van der Waals surface area contributed by atoms with E-state index in [4.69, 9.17) is 10.2 Å². The molecule has 0 fully saturated rings. The molecule has 0 aliphatic heterocycles. The number of hydrogen-bond acceptors (Lipinski definition) is 5. The highest BCUT2D eigenvalue weighted by molar-refractivity contribution is 5.97. The quantitative estimate of drug-likeness (QED) is 0.568. The summed E-state index contributed by atoms with van der Waals surface area (Å²) >= 11 is 0. The summed E-state index contributed by atoms with van der Waals surface area (Å²) in [5.74, 6) is 0.454. The number of aromatic nitrogens is 3. The topological polar surface area (TPSA) is 86.4 Å². The highest BCUT2D eigenvalue weighted by Crippen LogP contribution is 2.20. The maximum absolute atomic E-state index is 12.5. The Labute approximate surface area is 143 Å². The summed E-state index contributed by atoms with van der Waals surface area (Å²) in [6, 6.07) is 14.9. The minimum absolute atomic E-state index is 0.0314. The van der Waals surface area contributed by atoms with Crippen molar-refractivity contribution in [3.63, 3.8) is 0 Å². The summed E-state index contributed by atoms with van der Waals surface area (Å²) in [7, 11) is 0. The first-order chi connectivity index (χ1) is 12.2. The largest absolute Gasteiger partial charge is 0.472 e. The molecule has 6 heteroatoms. The highest BCUT2D eigenvalue weighted by atomic mass is 16.3. The normalized spacial score (nSPS) is 11.1. The van der Waals surface area contributed by atoms with Crippen LogP contribution < -0.4 is 5.73 Å². The highest BCUT2D eigenvalue weighted by Gasteiger charge is 2.14. The SMILES string of the molecule is NCc1cccc(C(=O)Cc2nc3cccc(-c4ccoc4)n3n2)c1. The number of nitrogens with zero attached hydrogens (tertiary/aromatic N) is 3. The first-order valence-electron chi connectivity index (χ1n) is 7.94. The van der Waals surface area contributed by atoms with Gasteiger partial charge in [-0.3, -0.25) is 4.79 Å². The van der Waals surface area contributed by atoms with Crippen molar-refractivity contribution in [3.8, 4) is 11.3 Å². The predicted molar refractivity (Wildman–Crippen MR) is 93.1 cm³/mol. The van der Waals surface area contributed by atoms with Crippen molar-refractivity contribution in [1.29, 1.82) is 0 Å². The van der Waals surface area contributed by atoms with Crippen molar-refractivity contribution in [2.24, 2.45) is 5.73 Å². The van der Waals surface area contributed by atoms with E-state index in [0.717, 1.165) is 16.8 Å². The van der Waals surface area contributed by atoms with Crippen molar-refractivity contribution >= 4 is 11.4 Å². The summed E-state index contributed by atoms with van der Waals surface area (Å²) < 4.78 is 6.87. The summed E-state index contributed by atoms with van der Waals surface area (Å²) in [4.78, 5) is 17.0. The van der Waals surface area contributed by atoms with Crippen LogP contribution in [0.15, 0.2) is 65.5 Å². The number of rotatable bonds is 5. The lowest BCUT2D eigenvalue weighted by atomic mass is 10.1. The van der Waals surface area contributed by atoms with Crippen LogP contribution in [0.3, 0.4) is 0 Å². The van der Waals surface area contributed by atoms with Gasteiger partial charge in [0.2, 0.25) is 0 Å². The monoisotopic (exact) mass is 332 g/mol. The van der Waals surface area contributed by atoms with Crippen molar-refractivity contribution in [2.45, 2.75) is 13.0 Å². The van der Waals surface area contributed by atoms with Crippen LogP contribution in [0, 0.1) is 0 Å². The van der Waals surface area contributed by atoms with E-state index in [9.17, 15) is 4.79 Å². The summed E-state index contributed by atoms with van der Waals surface area (Å²) in [5.41, 5.74) is 9.65. The average Bonchev–Trinajstić information content (AvgIpc) is 3.30. The second-order valence-electron chi connectivity index (χ2n) is 5.73. The number of benzene rings is 1. The molecule has 6 nitrogen and oxygen atoms in total. The van der Waals surface area contributed by atoms with E-state index < -0.39 is 0 Å². The van der Waals surface area contributed by atoms with E-state index in [-0.39, 0.29) is 12.2 Å². The van der Waals surface area contributed by atoms with Gasteiger partial charge in [-0.15, -0.1) is 0 Å². The zero-order valence-electron chi connectivity index (χ0n) is 13.4. The Hall–Kier alpha value is -3.25. The molecule has 0 bridgehead atoms. The fourth-order valence-corrected chi connectivity index (χ4v) is 2.77. The van der Waals surface area contributed by atoms with Gasteiger partial charge in [-0.25, -0.2) is 9.50 Å². The van der Waals surface area contributed by atoms with Crippen LogP contribution in [-0.4, -0.2) is 20.4 Å². The van der Waals surface area contributed by atoms with Crippen LogP contribution in [0.25, 0.3) is 16.9 Å². The summed E-state index contributed by atoms with van der Waals surface area (Å²) in [6.07, 6.45) is 3.40. The van der Waals surface area contributed by atoms with Crippen LogP contribution >= 0.6 is 0 Å². The van der Waals surface area contributed by atoms with Gasteiger partial charge in [0.1, 0.15) is 0 Å². The number of carbonyl (C=O) groups excluding carboxylic acids is 1. The first-order valence-corrected chi connectivity index (χ1v) is 7.94. The second-order valence-corrected chi connectivity index (χ2v) is 5.73. The molecule has 4 rings (SSSR count). The number of hydrogen-bond donors (Lipinski definition) is 1. The number of nitrogens with two attached hydrogens (primary N) is 1. The van der Waals surface area contributed by atoms with Crippen molar-refractivity contribution < 1.29 is 9.21 Å². The lowest BCUT2D eigenvalue weighted by molar-refractivity contribution is 0.0991. The lowest BCUT2D eigenvalue weighted by Gasteiger charge is -2.01. The molecule has 0 spiro atoms. The molecule has 0 aliphatic rings. The van der Waals surface area contributed by atoms with Crippen LogP contribution in [0.2, 0.25) is 0 Å². The molecule has 0 amide bonds. The lowest BCUT2D eigenvalue weighted by Crippen LogP contribution is -2.07. The van der Waals surface area contributed by atoms with Crippen LogP contribution in [-0.2, 0) is 13.0 Å². The first kappa shape index (κ1) is 15.3. The fraction of sp³-hybridized carbons (Fsp3) is 0.105. The van der Waals surface area contributed by atoms with Gasteiger partial charge in [-0.1, -0.05) is 24.3 Å². The van der Waals surface area contributed by atoms with Gasteiger partial charge in [0.25, 0.3) is 0 Å². The molecule has 124 valence electrons. The van der Waals surface area contributed by atoms with Gasteiger partial charge in [0, 0.05) is 17.7 Å². The maximum Gasteiger partial charge on any atom is 0.170 e. The number of furan rings is 1. The molecule has 0 unspecified atom stereocenters. The Morgan fingerprint density at radius 2 is 2.04 bits per heavy atom. The Balaban J connectivity index is 1.66. The summed E-state index contributed by atoms with van der Waals surface area (Å²) in [6.45, 7) is 0.405. The van der Waals surface area contributed by atoms with Crippen molar-refractivity contribution in [2.75, 3.05) is 0 Å². The van der Waals surface area contributed by atoms with Crippen LogP contribution in [0.1, 0.15) is 21.7 Å². The van der Waals surface area contributed by atoms with Gasteiger partial charge < -0.3 is 10.2 Å². The van der Waals surface area contributed by atoms with Crippen molar-refractivity contribution in [3.05, 3.63) is 78.0 Å². The fourth-order valence-electron chi connectivity index (χ4n) is 2.77. The molecule has 0 aliphatic carbocycles. The number of fused-ring (bicyclic) bond motifs is 1. The van der Waals surface area contributed by atoms with Gasteiger partial charge in [-0.05, 0) is 29.8 Å². The molecule has 3 aromatic heterocycles. The molecule has 0 radical (unpaired) electrons. The second kappa shape index (κ2) is 6.33. The zero-order valence-corrected chi connectivity index (χ0v) is 13.4. The smallest absolute Gasteiger partial charge is 0.170 e. The zero-order chi connectivity index (χ0) is 17.2. The van der Waals surface area contributed by atoms with E-state index in [0.29, 0.717) is 23.6 Å². The molecule has 0 saturated heterocycles. The molecule has 2 N–H and O–H groups in total. The molecule has 3 heterocycles. The minimum atomic E-state index is -0.0314.